The Labute approximate surface area is 397 Å². The largest absolute Gasteiger partial charge is 0.496 e. The molecule has 3 aromatic rings. The van der Waals surface area contributed by atoms with E-state index in [-0.39, 0.29) is 59.9 Å². The number of carbonyl (C=O) groups excluding carboxylic acids is 5. The number of imide groups is 2. The highest BCUT2D eigenvalue weighted by Gasteiger charge is 2.64. The van der Waals surface area contributed by atoms with E-state index >= 15 is 0 Å². The average Bonchev–Trinajstić information content (AvgIpc) is 3.54. The van der Waals surface area contributed by atoms with Crippen molar-refractivity contribution in [1.29, 1.82) is 5.26 Å². The zero-order chi connectivity index (χ0) is 48.8. The summed E-state index contributed by atoms with van der Waals surface area (Å²) in [7, 11) is 4.64. The van der Waals surface area contributed by atoms with E-state index in [1.54, 1.807) is 37.4 Å². The number of benzene rings is 2. The van der Waals surface area contributed by atoms with Gasteiger partial charge >= 0.3 is 0 Å². The van der Waals surface area contributed by atoms with Crippen molar-refractivity contribution in [3.63, 3.8) is 0 Å². The van der Waals surface area contributed by atoms with Crippen LogP contribution in [0.25, 0.3) is 0 Å². The first-order chi connectivity index (χ1) is 32.4. The van der Waals surface area contributed by atoms with Gasteiger partial charge in [0.15, 0.2) is 0 Å². The molecule has 362 valence electrons. The second kappa shape index (κ2) is 19.0. The molecule has 0 unspecified atom stereocenters. The second-order valence-corrected chi connectivity index (χ2v) is 19.9. The number of amides is 5. The Kier molecular flexibility index (Phi) is 13.4. The molecule has 4 fully saturated rings. The minimum absolute atomic E-state index is 0.0320. The third-order valence-corrected chi connectivity index (χ3v) is 14.7. The SMILES string of the molecule is COCCN(CC1CCN(c2nc(C)c(C(=O)NC3C(C)(C)C(Oc4ccc(C#N)c(OC)c4)C3(C)C)c(C)n2)CC1)C1CC(Oc2cc(OC)c3c(c2)C(=O)N([C@@H]2CCC(=O)NC2=O)C3=O)C1. The van der Waals surface area contributed by atoms with E-state index in [1.807, 2.05) is 13.8 Å². The number of hydrogen-bond donors (Lipinski definition) is 2. The molecule has 2 saturated heterocycles. The highest BCUT2D eigenvalue weighted by Crippen LogP contribution is 2.56. The number of anilines is 1. The number of methoxy groups -OCH3 is 3. The molecule has 68 heavy (non-hydrogen) atoms. The molecule has 5 amide bonds. The zero-order valence-corrected chi connectivity index (χ0v) is 40.4. The van der Waals surface area contributed by atoms with Crippen LogP contribution in [0, 0.1) is 41.9 Å². The van der Waals surface area contributed by atoms with Crippen LogP contribution in [0.4, 0.5) is 5.95 Å². The van der Waals surface area contributed by atoms with E-state index in [0.717, 1.165) is 56.8 Å². The summed E-state index contributed by atoms with van der Waals surface area (Å²) >= 11 is 0. The van der Waals surface area contributed by atoms with Gasteiger partial charge in [-0.05, 0) is 57.2 Å². The van der Waals surface area contributed by atoms with Crippen molar-refractivity contribution in [1.82, 2.24) is 30.4 Å². The van der Waals surface area contributed by atoms with Crippen LogP contribution >= 0.6 is 0 Å². The van der Waals surface area contributed by atoms with Gasteiger partial charge in [0, 0.05) is 87.6 Å². The lowest BCUT2D eigenvalue weighted by atomic mass is 9.49. The predicted octanol–water partition coefficient (Wildman–Crippen LogP) is 4.77. The minimum atomic E-state index is -1.08. The Morgan fingerprint density at radius 3 is 2.18 bits per heavy atom. The second-order valence-electron chi connectivity index (χ2n) is 19.9. The lowest BCUT2D eigenvalue weighted by molar-refractivity contribution is -0.164. The third-order valence-electron chi connectivity index (χ3n) is 14.7. The van der Waals surface area contributed by atoms with Crippen LogP contribution in [0.2, 0.25) is 0 Å². The summed E-state index contributed by atoms with van der Waals surface area (Å²) in [5.74, 6) is 0.122. The molecule has 3 aliphatic heterocycles. The van der Waals surface area contributed by atoms with Crippen LogP contribution in [0.15, 0.2) is 30.3 Å². The van der Waals surface area contributed by atoms with Gasteiger partial charge in [0.1, 0.15) is 47.3 Å². The van der Waals surface area contributed by atoms with Gasteiger partial charge in [-0.25, -0.2) is 9.97 Å². The molecular formula is C50H62N8O10. The van der Waals surface area contributed by atoms with Crippen molar-refractivity contribution < 1.29 is 47.7 Å². The first kappa shape index (κ1) is 48.1. The van der Waals surface area contributed by atoms with Gasteiger partial charge in [-0.2, -0.15) is 5.26 Å². The number of aromatic nitrogens is 2. The lowest BCUT2D eigenvalue weighted by Gasteiger charge is -2.63. The van der Waals surface area contributed by atoms with Crippen LogP contribution in [-0.4, -0.2) is 134 Å². The number of fused-ring (bicyclic) bond motifs is 1. The molecule has 2 saturated carbocycles. The fraction of sp³-hybridized carbons (Fsp3) is 0.560. The maximum Gasteiger partial charge on any atom is 0.266 e. The molecule has 0 spiro atoms. The van der Waals surface area contributed by atoms with Crippen molar-refractivity contribution in [3.8, 4) is 29.1 Å². The van der Waals surface area contributed by atoms with Gasteiger partial charge in [-0.1, -0.05) is 27.7 Å². The number of carbonyl (C=O) groups is 5. The fourth-order valence-corrected chi connectivity index (χ4v) is 11.3. The summed E-state index contributed by atoms with van der Waals surface area (Å²) in [6, 6.07) is 9.45. The fourth-order valence-electron chi connectivity index (χ4n) is 11.3. The van der Waals surface area contributed by atoms with E-state index in [4.69, 9.17) is 33.7 Å². The Morgan fingerprint density at radius 2 is 1.56 bits per heavy atom. The van der Waals surface area contributed by atoms with E-state index in [0.29, 0.717) is 58.2 Å². The number of nitrogens with one attached hydrogen (secondary N) is 2. The number of nitriles is 1. The van der Waals surface area contributed by atoms with Crippen LogP contribution in [-0.2, 0) is 14.3 Å². The van der Waals surface area contributed by atoms with Gasteiger partial charge in [0.2, 0.25) is 17.8 Å². The number of rotatable bonds is 16. The van der Waals surface area contributed by atoms with Crippen LogP contribution in [0.3, 0.4) is 0 Å². The van der Waals surface area contributed by atoms with Crippen molar-refractivity contribution in [3.05, 3.63) is 64.0 Å². The van der Waals surface area contributed by atoms with E-state index < -0.39 is 40.5 Å². The third kappa shape index (κ3) is 8.93. The van der Waals surface area contributed by atoms with Gasteiger partial charge in [-0.3, -0.25) is 39.1 Å². The van der Waals surface area contributed by atoms with Crippen LogP contribution in [0.5, 0.6) is 23.0 Å². The van der Waals surface area contributed by atoms with Crippen molar-refractivity contribution in [2.45, 2.75) is 110 Å². The molecule has 0 radical (unpaired) electrons. The van der Waals surface area contributed by atoms with Gasteiger partial charge in [0.25, 0.3) is 17.7 Å². The zero-order valence-electron chi connectivity index (χ0n) is 40.4. The molecule has 1 aromatic heterocycles. The highest BCUT2D eigenvalue weighted by atomic mass is 16.5. The number of aryl methyl sites for hydroxylation is 2. The molecule has 18 nitrogen and oxygen atoms in total. The topological polar surface area (TPSA) is 215 Å². The Balaban J connectivity index is 0.845. The molecule has 1 atom stereocenters. The van der Waals surface area contributed by atoms with Gasteiger partial charge in [-0.15, -0.1) is 0 Å². The first-order valence-corrected chi connectivity index (χ1v) is 23.4. The van der Waals surface area contributed by atoms with E-state index in [9.17, 15) is 29.2 Å². The lowest BCUT2D eigenvalue weighted by Crippen LogP contribution is -2.74. The molecule has 2 aliphatic carbocycles. The van der Waals surface area contributed by atoms with Gasteiger partial charge < -0.3 is 33.9 Å². The Hall–Kier alpha value is -6.32. The van der Waals surface area contributed by atoms with Crippen LogP contribution < -0.4 is 34.5 Å². The van der Waals surface area contributed by atoms with Crippen molar-refractivity contribution in [2.75, 3.05) is 59.0 Å². The summed E-state index contributed by atoms with van der Waals surface area (Å²) in [6.07, 6.45) is 3.17. The number of hydrogen-bond acceptors (Lipinski definition) is 15. The first-order valence-electron chi connectivity index (χ1n) is 23.4. The molecule has 5 aliphatic rings. The summed E-state index contributed by atoms with van der Waals surface area (Å²) in [5.41, 5.74) is 1.50. The Morgan fingerprint density at radius 1 is 0.897 bits per heavy atom. The van der Waals surface area contributed by atoms with E-state index in [2.05, 4.69) is 54.2 Å². The Bertz CT molecular complexity index is 2500. The average molecular weight is 935 g/mol. The number of nitrogens with zero attached hydrogens (tertiary/aromatic N) is 6. The molecule has 4 heterocycles. The van der Waals surface area contributed by atoms with E-state index in [1.165, 1.54) is 14.2 Å². The molecule has 8 rings (SSSR count). The molecule has 18 heteroatoms. The highest BCUT2D eigenvalue weighted by molar-refractivity contribution is 6.24. The molecular weight excluding hydrogens is 873 g/mol. The monoisotopic (exact) mass is 934 g/mol. The number of piperidine rings is 2. The summed E-state index contributed by atoms with van der Waals surface area (Å²) in [6.45, 7) is 15.9. The van der Waals surface area contributed by atoms with Crippen LogP contribution in [0.1, 0.15) is 114 Å². The number of ether oxygens (including phenoxy) is 5. The normalized spacial score (nSPS) is 24.1. The molecule has 2 N–H and O–H groups in total. The minimum Gasteiger partial charge on any atom is -0.496 e. The standard InChI is InChI=1S/C50H62N8O10/c1-27-40(43(61)55-46-49(3,4)47(50(46,5)6)68-32-11-10-30(25-51)37(23-32)65-8)28(2)53-48(52-27)56-16-14-29(15-17-56)26-57(18-19-64-7)31-20-33(21-31)67-34-22-35-41(38(24-34)66-9)45(63)58(44(35)62)36-12-13-39(59)54-42(36)60/h10-11,22-24,29,31,33,36,46-47H,12-21,26H2,1-9H3,(H,55,61)(H,54,59,60)/t31?,33?,36-,46?,47?/m1/s1. The van der Waals surface area contributed by atoms with Crippen molar-refractivity contribution in [2.24, 2.45) is 16.7 Å². The summed E-state index contributed by atoms with van der Waals surface area (Å²) in [5, 5.41) is 14.9. The molecule has 2 aromatic carbocycles. The molecule has 0 bridgehead atoms. The maximum absolute atomic E-state index is 14.0. The maximum atomic E-state index is 14.0. The van der Waals surface area contributed by atoms with Gasteiger partial charge in [0.05, 0.1) is 54.5 Å². The van der Waals surface area contributed by atoms with Crippen molar-refractivity contribution >= 4 is 35.5 Å². The predicted molar refractivity (Wildman–Crippen MR) is 248 cm³/mol. The summed E-state index contributed by atoms with van der Waals surface area (Å²) in [4.78, 5) is 80.7. The summed E-state index contributed by atoms with van der Waals surface area (Å²) < 4.78 is 29.3. The quantitative estimate of drug-likeness (QED) is 0.185. The smallest absolute Gasteiger partial charge is 0.266 e.